The van der Waals surface area contributed by atoms with Gasteiger partial charge in [0.25, 0.3) is 0 Å². The van der Waals surface area contributed by atoms with Crippen molar-refractivity contribution in [3.63, 3.8) is 0 Å². The van der Waals surface area contributed by atoms with Gasteiger partial charge in [-0.15, -0.1) is 0 Å². The van der Waals surface area contributed by atoms with E-state index in [1.165, 1.54) is 11.1 Å². The quantitative estimate of drug-likeness (QED) is 0.560. The van der Waals surface area contributed by atoms with Crippen molar-refractivity contribution in [3.05, 3.63) is 96.1 Å². The Morgan fingerprint density at radius 1 is 0.682 bits per heavy atom. The van der Waals surface area contributed by atoms with Crippen LogP contribution in [0.15, 0.2) is 85.0 Å². The van der Waals surface area contributed by atoms with Crippen molar-refractivity contribution in [2.75, 3.05) is 0 Å². The van der Waals surface area contributed by atoms with Crippen LogP contribution < -0.4 is 0 Å². The molecule has 22 heavy (non-hydrogen) atoms. The number of hydrogen-bond acceptors (Lipinski definition) is 0. The maximum absolute atomic E-state index is 2.25. The molecule has 0 aromatic heterocycles. The Bertz CT molecular complexity index is 468. The van der Waals surface area contributed by atoms with Gasteiger partial charge in [0.05, 0.1) is 0 Å². The normalized spacial score (nSPS) is 9.91. The third-order valence-corrected chi connectivity index (χ3v) is 2.78. The largest absolute Gasteiger partial charge is 0.0149 e. The molecule has 0 nitrogen and oxygen atoms in total. The minimum atomic E-state index is 0. The predicted octanol–water partition coefficient (Wildman–Crippen LogP) is 4.30. The van der Waals surface area contributed by atoms with Crippen LogP contribution in [0.2, 0.25) is 10.5 Å². The first-order valence-electron chi connectivity index (χ1n) is 7.34. The number of rotatable bonds is 5. The zero-order chi connectivity index (χ0) is 15.2. The zero-order valence-electron chi connectivity index (χ0n) is 13.0. The van der Waals surface area contributed by atoms with Gasteiger partial charge < -0.3 is 0 Å². The molecule has 0 saturated heterocycles. The van der Waals surface area contributed by atoms with Gasteiger partial charge in [0.1, 0.15) is 0 Å². The molecule has 0 heterocycles. The maximum atomic E-state index is 2.25. The molecule has 0 fully saturated rings. The van der Waals surface area contributed by atoms with Gasteiger partial charge in [-0.3, -0.25) is 0 Å². The van der Waals surface area contributed by atoms with E-state index in [0.29, 0.717) is 19.2 Å². The summed E-state index contributed by atoms with van der Waals surface area (Å²) < 4.78 is 0. The van der Waals surface area contributed by atoms with Crippen molar-refractivity contribution in [3.8, 4) is 0 Å². The van der Waals surface area contributed by atoms with Gasteiger partial charge in [-0.1, -0.05) is 85.0 Å². The van der Waals surface area contributed by atoms with E-state index in [9.17, 15) is 0 Å². The Morgan fingerprint density at radius 3 is 1.32 bits per heavy atom. The summed E-state index contributed by atoms with van der Waals surface area (Å²) in [6.45, 7) is 0. The average Bonchev–Trinajstić information content (AvgIpc) is 2.53. The summed E-state index contributed by atoms with van der Waals surface area (Å²) in [6.07, 6.45) is 10.6. The summed E-state index contributed by atoms with van der Waals surface area (Å²) >= 11 is 0.500. The minimum absolute atomic E-state index is 0. The van der Waals surface area contributed by atoms with Crippen LogP contribution in [0.3, 0.4) is 0 Å². The minimum Gasteiger partial charge on any atom is -0.0149 e. The molecule has 0 aliphatic heterocycles. The fourth-order valence-electron chi connectivity index (χ4n) is 1.79. The van der Waals surface area contributed by atoms with Crippen LogP contribution in [0.4, 0.5) is 0 Å². The topological polar surface area (TPSA) is 0 Å². The monoisotopic (exact) mass is 344 g/mol. The van der Waals surface area contributed by atoms with Gasteiger partial charge in [-0.05, 0) is 34.9 Å². The van der Waals surface area contributed by atoms with Crippen molar-refractivity contribution in [1.29, 1.82) is 0 Å². The molecule has 0 aliphatic rings. The van der Waals surface area contributed by atoms with Crippen molar-refractivity contribution in [2.45, 2.75) is 23.3 Å². The molecule has 0 spiro atoms. The van der Waals surface area contributed by atoms with Crippen molar-refractivity contribution >= 4 is 11.0 Å². The summed E-state index contributed by atoms with van der Waals surface area (Å²) in [5, 5.41) is 4.50. The van der Waals surface area contributed by atoms with Crippen LogP contribution >= 0.6 is 0 Å². The first kappa shape index (κ1) is 20.9. The number of benzene rings is 2. The van der Waals surface area contributed by atoms with Gasteiger partial charge in [-0.2, -0.15) is 0 Å². The van der Waals surface area contributed by atoms with Crippen LogP contribution in [0, 0.1) is 0 Å². The Kier molecular flexibility index (Phi) is 14.0. The summed E-state index contributed by atoms with van der Waals surface area (Å²) in [7, 11) is 0. The first-order valence-corrected chi connectivity index (χ1v) is 10.5. The third kappa shape index (κ3) is 10.6. The van der Waals surface area contributed by atoms with Gasteiger partial charge in [0, 0.05) is 0 Å². The van der Waals surface area contributed by atoms with E-state index < -0.39 is 0 Å². The molecule has 0 radical (unpaired) electrons. The third-order valence-electron chi connectivity index (χ3n) is 2.78. The van der Waals surface area contributed by atoms with E-state index in [0.717, 1.165) is 12.8 Å². The molecule has 2 rings (SSSR count). The Morgan fingerprint density at radius 2 is 1.00 bits per heavy atom. The first-order chi connectivity index (χ1) is 10.4. The molecular weight excluding hydrogens is 316 g/mol. The average molecular weight is 344 g/mol. The van der Waals surface area contributed by atoms with Crippen LogP contribution in [-0.2, 0) is 32.0 Å². The molecule has 2 aromatic carbocycles. The predicted molar refractivity (Wildman–Crippen MR) is 102 cm³/mol. The molecule has 2 aromatic rings. The summed E-state index contributed by atoms with van der Waals surface area (Å²) in [4.78, 5) is 0. The SMILES string of the molecule is C(C=CCc1ccccc1)=CCc1ccccc1.[CH3][Ti][CH3].[SiH4]. The van der Waals surface area contributed by atoms with Crippen LogP contribution in [0.1, 0.15) is 11.1 Å². The van der Waals surface area contributed by atoms with Gasteiger partial charge >= 0.3 is 29.6 Å². The smallest absolute Gasteiger partial charge is 0.0149 e. The van der Waals surface area contributed by atoms with Crippen molar-refractivity contribution in [2.24, 2.45) is 0 Å². The fourth-order valence-corrected chi connectivity index (χ4v) is 1.79. The zero-order valence-corrected chi connectivity index (χ0v) is 14.6. The molecule has 0 atom stereocenters. The molecule has 0 unspecified atom stereocenters. The van der Waals surface area contributed by atoms with E-state index in [-0.39, 0.29) is 11.0 Å². The van der Waals surface area contributed by atoms with Gasteiger partial charge in [0.15, 0.2) is 0 Å². The molecule has 0 aliphatic carbocycles. The number of hydrogen-bond donors (Lipinski definition) is 0. The standard InChI is InChI=1S/C18H18.2CH3.H4Si.Ti/c1(5-11-17-13-7-3-8-14-17)2-6-12-18-15-9-4-10-16-18;;;;/h1-10,13-16H,11-12H2;2*1H3;1H4;. The molecule has 0 bridgehead atoms. The molecule has 0 saturated carbocycles. The van der Waals surface area contributed by atoms with E-state index in [1.54, 1.807) is 0 Å². The van der Waals surface area contributed by atoms with Gasteiger partial charge in [0.2, 0.25) is 0 Å². The Balaban J connectivity index is 0.00000102. The molecule has 2 heteroatoms. The molecule has 116 valence electrons. The maximum Gasteiger partial charge on any atom is -0.0149 e. The van der Waals surface area contributed by atoms with Crippen LogP contribution in [0.5, 0.6) is 0 Å². The van der Waals surface area contributed by atoms with Crippen molar-refractivity contribution in [1.82, 2.24) is 0 Å². The summed E-state index contributed by atoms with van der Waals surface area (Å²) in [6, 6.07) is 21.0. The van der Waals surface area contributed by atoms with E-state index in [4.69, 9.17) is 0 Å². The number of allylic oxidation sites excluding steroid dienone is 4. The van der Waals surface area contributed by atoms with Gasteiger partial charge in [-0.25, -0.2) is 0 Å². The summed E-state index contributed by atoms with van der Waals surface area (Å²) in [5.41, 5.74) is 2.70. The Labute approximate surface area is 149 Å². The molecule has 0 N–H and O–H groups in total. The second-order valence-electron chi connectivity index (χ2n) is 4.74. The molecular formula is C20H28SiTi. The van der Waals surface area contributed by atoms with Crippen LogP contribution in [0.25, 0.3) is 0 Å². The fraction of sp³-hybridized carbons (Fsp3) is 0.200. The van der Waals surface area contributed by atoms with Crippen LogP contribution in [-0.4, -0.2) is 11.0 Å². The van der Waals surface area contributed by atoms with E-state index in [1.807, 2.05) is 12.1 Å². The Hall–Kier alpha value is -1.15. The second kappa shape index (κ2) is 14.8. The van der Waals surface area contributed by atoms with E-state index in [2.05, 4.69) is 83.3 Å². The summed E-state index contributed by atoms with van der Waals surface area (Å²) in [5.74, 6) is 0. The molecule has 0 amide bonds. The second-order valence-corrected chi connectivity index (χ2v) is 6.30. The van der Waals surface area contributed by atoms with E-state index >= 15 is 0 Å². The van der Waals surface area contributed by atoms with Crippen molar-refractivity contribution < 1.29 is 19.2 Å².